The summed E-state index contributed by atoms with van der Waals surface area (Å²) in [6, 6.07) is 13.2. The number of methoxy groups -OCH3 is 1. The van der Waals surface area contributed by atoms with Crippen molar-refractivity contribution in [3.63, 3.8) is 0 Å². The van der Waals surface area contributed by atoms with E-state index < -0.39 is 23.3 Å². The molecule has 1 aliphatic rings. The van der Waals surface area contributed by atoms with E-state index in [1.165, 1.54) is 42.1 Å². The third kappa shape index (κ3) is 4.16. The van der Waals surface area contributed by atoms with Crippen LogP contribution in [0.2, 0.25) is 0 Å². The van der Waals surface area contributed by atoms with Gasteiger partial charge in [-0.25, -0.2) is 13.8 Å². The highest BCUT2D eigenvalue weighted by atomic mass is 19.1. The number of benzene rings is 2. The van der Waals surface area contributed by atoms with Gasteiger partial charge in [-0.1, -0.05) is 24.3 Å². The molecule has 0 radical (unpaired) electrons. The van der Waals surface area contributed by atoms with E-state index >= 15 is 0 Å². The quantitative estimate of drug-likeness (QED) is 0.432. The SMILES string of the molecule is COc1ccc(-n2c(C)c(C(=O)N[C@H](c3cccc(F)c3)C3CC3)c3cccc(F)c3c2=O)cn1. The number of aromatic nitrogens is 2. The molecule has 0 aliphatic heterocycles. The van der Waals surface area contributed by atoms with Crippen molar-refractivity contribution in [1.82, 2.24) is 14.9 Å². The Hall–Kier alpha value is -4.07. The van der Waals surface area contributed by atoms with Crippen molar-refractivity contribution in [2.75, 3.05) is 7.11 Å². The van der Waals surface area contributed by atoms with Gasteiger partial charge < -0.3 is 10.1 Å². The van der Waals surface area contributed by atoms with Crippen LogP contribution < -0.4 is 15.6 Å². The van der Waals surface area contributed by atoms with E-state index in [-0.39, 0.29) is 28.1 Å². The molecule has 2 aromatic heterocycles. The summed E-state index contributed by atoms with van der Waals surface area (Å²) in [4.78, 5) is 31.2. The maximum atomic E-state index is 14.9. The lowest BCUT2D eigenvalue weighted by Crippen LogP contribution is -2.33. The Kier molecular flexibility index (Phi) is 5.80. The van der Waals surface area contributed by atoms with E-state index in [1.54, 1.807) is 37.3 Å². The predicted octanol–water partition coefficient (Wildman–Crippen LogP) is 4.86. The first kappa shape index (κ1) is 22.7. The fourth-order valence-electron chi connectivity index (χ4n) is 4.56. The van der Waals surface area contributed by atoms with Crippen molar-refractivity contribution in [3.05, 3.63) is 99.6 Å². The van der Waals surface area contributed by atoms with Crippen LogP contribution >= 0.6 is 0 Å². The largest absolute Gasteiger partial charge is 0.481 e. The molecule has 1 aliphatic carbocycles. The minimum atomic E-state index is -0.722. The fourth-order valence-corrected chi connectivity index (χ4v) is 4.56. The van der Waals surface area contributed by atoms with Crippen molar-refractivity contribution in [1.29, 1.82) is 0 Å². The molecule has 0 unspecified atom stereocenters. The highest BCUT2D eigenvalue weighted by molar-refractivity contribution is 6.08. The lowest BCUT2D eigenvalue weighted by Gasteiger charge is -2.22. The Bertz CT molecular complexity index is 1490. The Morgan fingerprint density at radius 3 is 2.57 bits per heavy atom. The topological polar surface area (TPSA) is 73.2 Å². The van der Waals surface area contributed by atoms with Crippen LogP contribution in [0.3, 0.4) is 0 Å². The van der Waals surface area contributed by atoms with Gasteiger partial charge in [0.15, 0.2) is 0 Å². The Balaban J connectivity index is 1.67. The molecule has 5 rings (SSSR count). The number of halogens is 2. The second-order valence-corrected chi connectivity index (χ2v) is 8.67. The number of rotatable bonds is 6. The average molecular weight is 475 g/mol. The lowest BCUT2D eigenvalue weighted by atomic mass is 9.99. The zero-order valence-electron chi connectivity index (χ0n) is 19.2. The summed E-state index contributed by atoms with van der Waals surface area (Å²) >= 11 is 0. The van der Waals surface area contributed by atoms with Gasteiger partial charge in [0.1, 0.15) is 11.6 Å². The number of fused-ring (bicyclic) bond motifs is 1. The summed E-state index contributed by atoms with van der Waals surface area (Å²) in [5.74, 6) is -1.03. The number of carbonyl (C=O) groups excluding carboxylic acids is 1. The second-order valence-electron chi connectivity index (χ2n) is 8.67. The molecular formula is C27H23F2N3O3. The molecule has 4 aromatic rings. The summed E-state index contributed by atoms with van der Waals surface area (Å²) in [5.41, 5.74) is 0.962. The molecule has 0 saturated heterocycles. The molecule has 6 nitrogen and oxygen atoms in total. The third-order valence-electron chi connectivity index (χ3n) is 6.40. The van der Waals surface area contributed by atoms with E-state index in [0.29, 0.717) is 22.8 Å². The molecule has 2 aromatic carbocycles. The van der Waals surface area contributed by atoms with Gasteiger partial charge in [-0.05, 0) is 55.5 Å². The minimum absolute atomic E-state index is 0.178. The van der Waals surface area contributed by atoms with Crippen LogP contribution in [0, 0.1) is 24.5 Å². The first-order valence-corrected chi connectivity index (χ1v) is 11.3. The van der Waals surface area contributed by atoms with Crippen molar-refractivity contribution < 1.29 is 18.3 Å². The number of pyridine rings is 2. The molecule has 1 amide bonds. The number of nitrogens with zero attached hydrogens (tertiary/aromatic N) is 2. The van der Waals surface area contributed by atoms with Gasteiger partial charge in [0.25, 0.3) is 11.5 Å². The zero-order valence-corrected chi connectivity index (χ0v) is 19.2. The molecular weight excluding hydrogens is 452 g/mol. The second kappa shape index (κ2) is 8.94. The highest BCUT2D eigenvalue weighted by Gasteiger charge is 2.35. The van der Waals surface area contributed by atoms with Gasteiger partial charge >= 0.3 is 0 Å². The van der Waals surface area contributed by atoms with Crippen LogP contribution in [0.15, 0.2) is 65.6 Å². The van der Waals surface area contributed by atoms with Gasteiger partial charge in [0.05, 0.1) is 36.0 Å². The van der Waals surface area contributed by atoms with Crippen LogP contribution in [0.5, 0.6) is 5.88 Å². The number of ether oxygens (including phenoxy) is 1. The first-order chi connectivity index (χ1) is 16.9. The molecule has 1 N–H and O–H groups in total. The monoisotopic (exact) mass is 475 g/mol. The predicted molar refractivity (Wildman–Crippen MR) is 128 cm³/mol. The van der Waals surface area contributed by atoms with E-state index in [9.17, 15) is 18.4 Å². The normalized spacial score (nSPS) is 14.1. The van der Waals surface area contributed by atoms with Crippen LogP contribution in [-0.2, 0) is 0 Å². The molecule has 35 heavy (non-hydrogen) atoms. The molecule has 1 saturated carbocycles. The highest BCUT2D eigenvalue weighted by Crippen LogP contribution is 2.41. The number of amides is 1. The zero-order chi connectivity index (χ0) is 24.7. The Morgan fingerprint density at radius 1 is 1.14 bits per heavy atom. The number of hydrogen-bond donors (Lipinski definition) is 1. The Morgan fingerprint density at radius 2 is 1.91 bits per heavy atom. The van der Waals surface area contributed by atoms with E-state index in [4.69, 9.17) is 4.74 Å². The average Bonchev–Trinajstić information content (AvgIpc) is 3.68. The van der Waals surface area contributed by atoms with Crippen LogP contribution in [0.25, 0.3) is 16.5 Å². The Labute approximate surface area is 200 Å². The van der Waals surface area contributed by atoms with Crippen molar-refractivity contribution in [3.8, 4) is 11.6 Å². The van der Waals surface area contributed by atoms with Gasteiger partial charge in [-0.3, -0.25) is 14.2 Å². The molecule has 1 fully saturated rings. The first-order valence-electron chi connectivity index (χ1n) is 11.3. The van der Waals surface area contributed by atoms with Gasteiger partial charge in [-0.2, -0.15) is 0 Å². The van der Waals surface area contributed by atoms with E-state index in [2.05, 4.69) is 10.3 Å². The maximum absolute atomic E-state index is 14.9. The summed E-state index contributed by atoms with van der Waals surface area (Å²) in [6.45, 7) is 1.64. The van der Waals surface area contributed by atoms with E-state index in [1.807, 2.05) is 0 Å². The maximum Gasteiger partial charge on any atom is 0.266 e. The van der Waals surface area contributed by atoms with Crippen molar-refractivity contribution in [2.24, 2.45) is 5.92 Å². The minimum Gasteiger partial charge on any atom is -0.481 e. The molecule has 0 bridgehead atoms. The number of hydrogen-bond acceptors (Lipinski definition) is 4. The molecule has 1 atom stereocenters. The van der Waals surface area contributed by atoms with Crippen molar-refractivity contribution >= 4 is 16.7 Å². The number of carbonyl (C=O) groups is 1. The molecule has 178 valence electrons. The van der Waals surface area contributed by atoms with Crippen LogP contribution in [-0.4, -0.2) is 22.6 Å². The van der Waals surface area contributed by atoms with E-state index in [0.717, 1.165) is 12.8 Å². The smallest absolute Gasteiger partial charge is 0.266 e. The van der Waals surface area contributed by atoms with Crippen LogP contribution in [0.1, 0.15) is 40.5 Å². The summed E-state index contributed by atoms with van der Waals surface area (Å²) in [6.07, 6.45) is 3.25. The number of nitrogens with one attached hydrogen (secondary N) is 1. The summed E-state index contributed by atoms with van der Waals surface area (Å²) < 4.78 is 35.2. The molecule has 0 spiro atoms. The molecule has 2 heterocycles. The van der Waals surface area contributed by atoms with Crippen molar-refractivity contribution in [2.45, 2.75) is 25.8 Å². The summed E-state index contributed by atoms with van der Waals surface area (Å²) in [5, 5.41) is 3.06. The molecule has 8 heteroatoms. The van der Waals surface area contributed by atoms with Gasteiger partial charge in [0.2, 0.25) is 5.88 Å². The fraction of sp³-hybridized carbons (Fsp3) is 0.222. The standard InChI is InChI=1S/C27H23F2N3O3/c1-15-23(26(33)31-25(16-9-10-16)17-5-3-6-18(28)13-17)20-7-4-8-21(29)24(20)27(34)32(15)19-11-12-22(35-2)30-14-19/h3-8,11-14,16,25H,9-10H2,1-2H3,(H,31,33)/t25-/m0/s1. The van der Waals surface area contributed by atoms with Crippen LogP contribution in [0.4, 0.5) is 8.78 Å². The van der Waals surface area contributed by atoms with Gasteiger partial charge in [-0.15, -0.1) is 0 Å². The van der Waals surface area contributed by atoms with Gasteiger partial charge in [0, 0.05) is 17.1 Å². The lowest BCUT2D eigenvalue weighted by molar-refractivity contribution is 0.0932. The third-order valence-corrected chi connectivity index (χ3v) is 6.40. The summed E-state index contributed by atoms with van der Waals surface area (Å²) in [7, 11) is 1.47.